The van der Waals surface area contributed by atoms with Crippen molar-refractivity contribution in [3.05, 3.63) is 58.7 Å². The fraction of sp³-hybridized carbons (Fsp3) is 0.769. The molecule has 0 radical (unpaired) electrons. The predicted octanol–water partition coefficient (Wildman–Crippen LogP) is 17.4. The topological polar surface area (TPSA) is 172 Å². The van der Waals surface area contributed by atoms with E-state index >= 15 is 0 Å². The van der Waals surface area contributed by atoms with Crippen LogP contribution in [0.2, 0.25) is 0 Å². The molecule has 4 aliphatic heterocycles. The second-order valence-corrected chi connectivity index (χ2v) is 35.1. The van der Waals surface area contributed by atoms with Gasteiger partial charge in [-0.05, 0) is 260 Å². The Hall–Kier alpha value is -2.39. The van der Waals surface area contributed by atoms with Gasteiger partial charge in [-0.2, -0.15) is 0 Å². The van der Waals surface area contributed by atoms with Crippen molar-refractivity contribution in [2.75, 3.05) is 42.1 Å². The number of alkyl halides is 4. The van der Waals surface area contributed by atoms with Crippen LogP contribution in [-0.4, -0.2) is 123 Å². The largest absolute Gasteiger partial charge is 0.393 e. The van der Waals surface area contributed by atoms with E-state index < -0.39 is 25.1 Å². The lowest BCUT2D eigenvalue weighted by molar-refractivity contribution is -0.138. The number of benzene rings is 2. The van der Waals surface area contributed by atoms with Crippen molar-refractivity contribution in [1.29, 1.82) is 0 Å². The van der Waals surface area contributed by atoms with Gasteiger partial charge in [0.05, 0.1) is 26.8 Å². The molecule has 14 fully saturated rings. The summed E-state index contributed by atoms with van der Waals surface area (Å²) in [6, 6.07) is 10.1. The molecule has 12 bridgehead atoms. The Morgan fingerprint density at radius 1 is 0.505 bits per heavy atom. The number of fused-ring (bicyclic) bond motifs is 2. The molecule has 2 aromatic rings. The van der Waals surface area contributed by atoms with Crippen molar-refractivity contribution in [3.8, 4) is 0 Å². The molecule has 97 heavy (non-hydrogen) atoms. The highest BCUT2D eigenvalue weighted by Gasteiger charge is 2.51. The molecule has 12 saturated carbocycles. The van der Waals surface area contributed by atoms with Gasteiger partial charge >= 0.3 is 0 Å². The summed E-state index contributed by atoms with van der Waals surface area (Å²) in [6.07, 6.45) is 43.9. The van der Waals surface area contributed by atoms with Gasteiger partial charge in [0, 0.05) is 76.1 Å². The number of aliphatic hydroxyl groups excluding tert-OH is 1. The van der Waals surface area contributed by atoms with Gasteiger partial charge in [0.25, 0.3) is 11.8 Å². The maximum absolute atomic E-state index is 13.0. The first-order chi connectivity index (χ1) is 47.7. The third kappa shape index (κ3) is 20.7. The van der Waals surface area contributed by atoms with E-state index in [1.165, 1.54) is 195 Å². The number of thiol groups is 1. The molecule has 0 spiro atoms. The highest BCUT2D eigenvalue weighted by molar-refractivity contribution is 9.09. The fourth-order valence-corrected chi connectivity index (χ4v) is 22.8. The van der Waals surface area contributed by atoms with Crippen molar-refractivity contribution in [2.24, 2.45) is 71.0 Å². The van der Waals surface area contributed by atoms with Gasteiger partial charge in [0.2, 0.25) is 23.6 Å². The molecule has 19 heteroatoms. The molecule has 2 aromatic carbocycles. The highest BCUT2D eigenvalue weighted by Crippen LogP contribution is 2.57. The summed E-state index contributed by atoms with van der Waals surface area (Å²) in [6.45, 7) is 2.80. The standard InChI is InChI=1S/C30H40N2O4S.C17H29BrO.C13H12N2O3S.C10H16O.C7H14Br2.CH3F/c33-27-10-9-25(29(34)31-27)32-18-24-23(30(32)35)7-6-8-26(24)37-12-5-3-1-2-4-11-36-28-21-14-19-13-20(16-21)17-22(28)15-19;18-6-4-2-1-3-5-7-19-17-15-9-13-8-14(11-15)12-16(17)10-13;16-11-5-4-9(12(17)14-11)15-6-8-7(13(15)18)2-1-3-10(8)19;11-10-8-2-6-1-7(4-8)5-9(10)3-6;8-6-4-2-1-3-5-7-9;1-2/h6-8,19-22,25,28H,1-5,9-18H2,(H,31,33,34);13-17H,1-12H2;1-3,9,19H,4-6H2,(H,14,16,17);6-11H,1-5H2;1-7H2;1H3/i;;;;;1D. The molecule has 16 aliphatic rings. The molecule has 12 aliphatic carbocycles. The van der Waals surface area contributed by atoms with E-state index in [9.17, 15) is 38.3 Å². The normalized spacial score (nSPS) is 32.5. The van der Waals surface area contributed by atoms with Crippen molar-refractivity contribution in [1.82, 2.24) is 20.4 Å². The molecular weight excluding hydrogens is 1460 g/mol. The van der Waals surface area contributed by atoms with Gasteiger partial charge in [0.1, 0.15) is 12.1 Å². The summed E-state index contributed by atoms with van der Waals surface area (Å²) in [4.78, 5) is 77.1. The molecule has 2 saturated heterocycles. The molecule has 2 unspecified atom stereocenters. The molecule has 4 heterocycles. The van der Waals surface area contributed by atoms with Crippen LogP contribution in [0.5, 0.6) is 0 Å². The first-order valence-corrected chi connectivity index (χ1v) is 42.8. The van der Waals surface area contributed by atoms with Crippen LogP contribution in [0.3, 0.4) is 0 Å². The van der Waals surface area contributed by atoms with Crippen LogP contribution in [0.25, 0.3) is 0 Å². The van der Waals surface area contributed by atoms with E-state index in [1.54, 1.807) is 23.5 Å². The number of carbonyl (C=O) groups is 6. The Kier molecular flexibility index (Phi) is 30.4. The van der Waals surface area contributed by atoms with Gasteiger partial charge in [-0.3, -0.25) is 43.8 Å². The van der Waals surface area contributed by atoms with Crippen LogP contribution in [0, 0.1) is 71.0 Å². The van der Waals surface area contributed by atoms with E-state index in [1.807, 2.05) is 30.0 Å². The number of piperidine rings is 2. The lowest BCUT2D eigenvalue weighted by Crippen LogP contribution is -2.52. The quantitative estimate of drug-likeness (QED) is 0.0234. The Morgan fingerprint density at radius 2 is 0.856 bits per heavy atom. The van der Waals surface area contributed by atoms with Crippen molar-refractivity contribution >= 4 is 108 Å². The second-order valence-electron chi connectivity index (χ2n) is 31.1. The number of hydrogen-bond donors (Lipinski definition) is 4. The van der Waals surface area contributed by atoms with Gasteiger partial charge in [-0.25, -0.2) is 0 Å². The first kappa shape index (κ1) is 75.8. The van der Waals surface area contributed by atoms with Gasteiger partial charge < -0.3 is 24.4 Å². The summed E-state index contributed by atoms with van der Waals surface area (Å²) in [7, 11) is -1.00. The molecule has 2 atom stereocenters. The Morgan fingerprint density at radius 3 is 1.25 bits per heavy atom. The average Bonchev–Trinajstić information content (AvgIpc) is 1.17. The van der Waals surface area contributed by atoms with Crippen molar-refractivity contribution in [3.63, 3.8) is 0 Å². The monoisotopic (exact) mass is 1570 g/mol. The number of unbranched alkanes of at least 4 members (excludes halogenated alkanes) is 12. The minimum absolute atomic E-state index is 0.0859. The first-order valence-electron chi connectivity index (χ1n) is 38.7. The average molecular weight is 1580 g/mol. The highest BCUT2D eigenvalue weighted by atomic mass is 79.9. The lowest BCUT2D eigenvalue weighted by Gasteiger charge is -2.54. The van der Waals surface area contributed by atoms with Crippen molar-refractivity contribution in [2.45, 2.75) is 272 Å². The fourth-order valence-electron chi connectivity index (χ4n) is 20.3. The summed E-state index contributed by atoms with van der Waals surface area (Å²) in [5.41, 5.74) is 3.18. The maximum Gasteiger partial charge on any atom is 0.255 e. The van der Waals surface area contributed by atoms with E-state index in [-0.39, 0.29) is 48.5 Å². The zero-order valence-corrected chi connectivity index (χ0v) is 64.1. The Labute approximate surface area is 616 Å². The number of amides is 6. The predicted molar refractivity (Wildman–Crippen MR) is 397 cm³/mol. The number of imide groups is 2. The van der Waals surface area contributed by atoms with E-state index in [4.69, 9.17) is 10.8 Å². The smallest absolute Gasteiger partial charge is 0.255 e. The number of nitrogens with one attached hydrogen (secondary N) is 2. The molecule has 6 amide bonds. The van der Waals surface area contributed by atoms with E-state index in [0.717, 1.165) is 111 Å². The van der Waals surface area contributed by atoms with Gasteiger partial charge in [-0.15, -0.1) is 24.4 Å². The summed E-state index contributed by atoms with van der Waals surface area (Å²) in [5.74, 6) is 10.7. The summed E-state index contributed by atoms with van der Waals surface area (Å²) >= 11 is 16.5. The lowest BCUT2D eigenvalue weighted by atomic mass is 9.55. The number of thioether (sulfide) groups is 1. The number of ether oxygens (including phenoxy) is 2. The van der Waals surface area contributed by atoms with E-state index in [0.29, 0.717) is 61.1 Å². The van der Waals surface area contributed by atoms with Gasteiger partial charge in [0.15, 0.2) is 0 Å². The molecule has 3 N–H and O–H groups in total. The molecular formula is C78H114Br3FN4O9S2. The number of nitrogens with zero attached hydrogens (tertiary/aromatic N) is 2. The van der Waals surface area contributed by atoms with Crippen LogP contribution in [0.4, 0.5) is 4.39 Å². The number of aliphatic hydroxyl groups is 1. The number of halogens is 4. The molecule has 540 valence electrons. The molecule has 0 aromatic heterocycles. The summed E-state index contributed by atoms with van der Waals surface area (Å²) in [5, 5.41) is 18.0. The van der Waals surface area contributed by atoms with Crippen LogP contribution in [-0.2, 0) is 41.7 Å². The number of hydrogen-bond acceptors (Lipinski definition) is 11. The SMILES string of the molecule is BrCCCCCCCBr.BrCCCCCCCOC1C2CC3CC(C2)CC1C3.O=C1CCC(N2Cc3c(S)cccc3C2=O)C(=O)N1.O=C1CCC(N2Cc3c(SCCCCCCCOC4C5CC6CC(C5)CC4C6)cccc3C2=O)C(=O)N1.OC1C2CC3CC(C2)CC1C3.[2H]CF. The third-order valence-electron chi connectivity index (χ3n) is 24.3. The number of carbonyl (C=O) groups excluding carboxylic acids is 6. The second kappa shape index (κ2) is 38.9. The molecule has 13 nitrogen and oxygen atoms in total. The zero-order valence-electron chi connectivity index (χ0n) is 58.7. The number of rotatable bonds is 26. The summed E-state index contributed by atoms with van der Waals surface area (Å²) < 4.78 is 28.3. The van der Waals surface area contributed by atoms with E-state index in [2.05, 4.69) is 77.1 Å². The van der Waals surface area contributed by atoms with Crippen LogP contribution < -0.4 is 10.6 Å². The maximum atomic E-state index is 13.0. The third-order valence-corrected chi connectivity index (χ3v) is 27.6. The van der Waals surface area contributed by atoms with Crippen LogP contribution >= 0.6 is 72.2 Å². The zero-order chi connectivity index (χ0) is 69.1. The van der Waals surface area contributed by atoms with Gasteiger partial charge in [-0.1, -0.05) is 118 Å². The minimum atomic E-state index is -1.00. The van der Waals surface area contributed by atoms with Crippen LogP contribution in [0.15, 0.2) is 46.2 Å². The van der Waals surface area contributed by atoms with Crippen molar-refractivity contribution < 1.29 is 49.1 Å². The van der Waals surface area contributed by atoms with Crippen LogP contribution in [0.1, 0.15) is 252 Å². The Bertz CT molecular complexity index is 2840. The Balaban J connectivity index is 0.000000144. The molecule has 18 rings (SSSR count). The minimum Gasteiger partial charge on any atom is -0.393 e.